The molecule has 4 nitrogen and oxygen atoms in total. The molecule has 0 aromatic rings. The van der Waals surface area contributed by atoms with Crippen LogP contribution in [0, 0.1) is 5.92 Å². The Morgan fingerprint density at radius 1 is 1.24 bits per heavy atom. The molecule has 2 aliphatic heterocycles. The summed E-state index contributed by atoms with van der Waals surface area (Å²) in [5, 5.41) is 0. The number of rotatable bonds is 4. The van der Waals surface area contributed by atoms with E-state index >= 15 is 0 Å². The lowest BCUT2D eigenvalue weighted by Crippen LogP contribution is -3.18. The van der Waals surface area contributed by atoms with Gasteiger partial charge in [-0.25, -0.2) is 4.79 Å². The Labute approximate surface area is 103 Å². The van der Waals surface area contributed by atoms with Crippen LogP contribution in [0.3, 0.4) is 0 Å². The van der Waals surface area contributed by atoms with E-state index in [1.54, 1.807) is 4.90 Å². The smallest absolute Gasteiger partial charge is 0.332 e. The molecule has 0 aromatic carbocycles. The van der Waals surface area contributed by atoms with Crippen molar-refractivity contribution in [3.8, 4) is 0 Å². The van der Waals surface area contributed by atoms with Crippen LogP contribution in [0.2, 0.25) is 0 Å². The van der Waals surface area contributed by atoms with Crippen LogP contribution in [0.1, 0.15) is 32.1 Å². The number of piperidine rings is 2. The molecule has 0 aromatic heterocycles. The lowest BCUT2D eigenvalue weighted by Gasteiger charge is -2.40. The highest BCUT2D eigenvalue weighted by atomic mass is 16.6. The van der Waals surface area contributed by atoms with Gasteiger partial charge in [-0.15, -0.1) is 0 Å². The summed E-state index contributed by atoms with van der Waals surface area (Å²) in [6.07, 6.45) is 6.51. The normalized spacial score (nSPS) is 32.9. The minimum absolute atomic E-state index is 0.0773. The molecule has 2 fully saturated rings. The van der Waals surface area contributed by atoms with Gasteiger partial charge in [-0.2, -0.15) is 0 Å². The van der Waals surface area contributed by atoms with Gasteiger partial charge in [0.2, 0.25) is 0 Å². The summed E-state index contributed by atoms with van der Waals surface area (Å²) in [6.45, 7) is 3.30. The predicted molar refractivity (Wildman–Crippen MR) is 63.9 cm³/mol. The molecular formula is C13H24NO3+. The van der Waals surface area contributed by atoms with Crippen molar-refractivity contribution in [3.63, 3.8) is 0 Å². The summed E-state index contributed by atoms with van der Waals surface area (Å²) < 4.78 is 10.1. The molecule has 2 rings (SSSR count). The molecule has 2 heterocycles. The van der Waals surface area contributed by atoms with Crippen LogP contribution in [0.25, 0.3) is 0 Å². The van der Waals surface area contributed by atoms with E-state index in [1.807, 2.05) is 0 Å². The van der Waals surface area contributed by atoms with Crippen LogP contribution in [0.5, 0.6) is 0 Å². The first kappa shape index (κ1) is 12.8. The number of esters is 1. The van der Waals surface area contributed by atoms with Gasteiger partial charge in [0.15, 0.2) is 0 Å². The van der Waals surface area contributed by atoms with Crippen LogP contribution in [0.4, 0.5) is 0 Å². The summed E-state index contributed by atoms with van der Waals surface area (Å²) in [5.41, 5.74) is 0. The molecule has 0 aliphatic carbocycles. The van der Waals surface area contributed by atoms with E-state index in [0.29, 0.717) is 12.5 Å². The number of fused-ring (bicyclic) bond motifs is 1. The van der Waals surface area contributed by atoms with Crippen molar-refractivity contribution in [3.05, 3.63) is 0 Å². The Balaban J connectivity index is 1.80. The molecule has 0 bridgehead atoms. The quantitative estimate of drug-likeness (QED) is 0.707. The number of hydrogen-bond acceptors (Lipinski definition) is 3. The van der Waals surface area contributed by atoms with Crippen molar-refractivity contribution in [2.45, 2.75) is 38.1 Å². The van der Waals surface area contributed by atoms with Gasteiger partial charge in [0, 0.05) is 13.0 Å². The summed E-state index contributed by atoms with van der Waals surface area (Å²) >= 11 is 0. The summed E-state index contributed by atoms with van der Waals surface area (Å²) in [5.74, 6) is 0.343. The van der Waals surface area contributed by atoms with Crippen molar-refractivity contribution >= 4 is 5.97 Å². The number of quaternary nitrogens is 1. The third-order valence-corrected chi connectivity index (χ3v) is 4.15. The zero-order chi connectivity index (χ0) is 12.1. The number of methoxy groups -OCH3 is 1. The fourth-order valence-electron chi connectivity index (χ4n) is 3.34. The van der Waals surface area contributed by atoms with E-state index in [4.69, 9.17) is 9.47 Å². The Morgan fingerprint density at radius 2 is 2.06 bits per heavy atom. The highest BCUT2D eigenvalue weighted by Crippen LogP contribution is 2.20. The fraction of sp³-hybridized carbons (Fsp3) is 0.923. The van der Waals surface area contributed by atoms with Gasteiger partial charge < -0.3 is 14.4 Å². The second-order valence-corrected chi connectivity index (χ2v) is 5.28. The molecule has 1 unspecified atom stereocenters. The second-order valence-electron chi connectivity index (χ2n) is 5.28. The first-order valence-electron chi connectivity index (χ1n) is 6.80. The Hall–Kier alpha value is -0.610. The minimum atomic E-state index is -0.226. The average Bonchev–Trinajstić information content (AvgIpc) is 2.36. The molecule has 0 saturated carbocycles. The third kappa shape index (κ3) is 3.42. The van der Waals surface area contributed by atoms with Crippen LogP contribution < -0.4 is 4.90 Å². The topological polar surface area (TPSA) is 40.0 Å². The summed E-state index contributed by atoms with van der Waals surface area (Å²) in [6, 6.07) is 0.729. The van der Waals surface area contributed by atoms with Crippen molar-refractivity contribution < 1.29 is 19.2 Å². The van der Waals surface area contributed by atoms with E-state index in [9.17, 15) is 4.79 Å². The SMILES string of the molecule is COCC(=O)OC[C@H]1CCC[NH+]2CCCC[C@H]12. The molecule has 17 heavy (non-hydrogen) atoms. The van der Waals surface area contributed by atoms with E-state index in [0.717, 1.165) is 6.04 Å². The zero-order valence-corrected chi connectivity index (χ0v) is 10.7. The molecule has 4 heteroatoms. The average molecular weight is 242 g/mol. The number of nitrogens with one attached hydrogen (secondary N) is 1. The van der Waals surface area contributed by atoms with Crippen molar-refractivity contribution in [1.82, 2.24) is 0 Å². The van der Waals surface area contributed by atoms with E-state index in [-0.39, 0.29) is 12.6 Å². The van der Waals surface area contributed by atoms with Crippen LogP contribution in [-0.4, -0.2) is 45.4 Å². The Morgan fingerprint density at radius 3 is 2.88 bits per heavy atom. The molecule has 0 spiro atoms. The predicted octanol–water partition coefficient (Wildman–Crippen LogP) is 0.0234. The molecule has 98 valence electrons. The van der Waals surface area contributed by atoms with Crippen LogP contribution in [0.15, 0.2) is 0 Å². The van der Waals surface area contributed by atoms with Gasteiger partial charge in [-0.3, -0.25) is 0 Å². The number of carbonyl (C=O) groups excluding carboxylic acids is 1. The molecule has 1 N–H and O–H groups in total. The maximum atomic E-state index is 11.3. The number of hydrogen-bond donors (Lipinski definition) is 1. The minimum Gasteiger partial charge on any atom is -0.463 e. The summed E-state index contributed by atoms with van der Waals surface area (Å²) in [7, 11) is 1.52. The Bertz CT molecular complexity index is 255. The van der Waals surface area contributed by atoms with E-state index in [1.165, 1.54) is 52.3 Å². The summed E-state index contributed by atoms with van der Waals surface area (Å²) in [4.78, 5) is 13.0. The molecule has 2 aliphatic rings. The first-order valence-corrected chi connectivity index (χ1v) is 6.80. The van der Waals surface area contributed by atoms with Gasteiger partial charge in [0.05, 0.1) is 25.7 Å². The maximum Gasteiger partial charge on any atom is 0.332 e. The lowest BCUT2D eigenvalue weighted by molar-refractivity contribution is -0.940. The fourth-order valence-corrected chi connectivity index (χ4v) is 3.34. The molecule has 0 amide bonds. The first-order chi connectivity index (χ1) is 8.31. The van der Waals surface area contributed by atoms with Crippen LogP contribution >= 0.6 is 0 Å². The van der Waals surface area contributed by atoms with Crippen molar-refractivity contribution in [2.75, 3.05) is 33.4 Å². The van der Waals surface area contributed by atoms with Gasteiger partial charge in [-0.05, 0) is 32.1 Å². The van der Waals surface area contributed by atoms with Crippen molar-refractivity contribution in [2.24, 2.45) is 5.92 Å². The lowest BCUT2D eigenvalue weighted by atomic mass is 9.84. The third-order valence-electron chi connectivity index (χ3n) is 4.15. The maximum absolute atomic E-state index is 11.3. The molecule has 3 atom stereocenters. The van der Waals surface area contributed by atoms with E-state index < -0.39 is 0 Å². The largest absolute Gasteiger partial charge is 0.463 e. The van der Waals surface area contributed by atoms with Crippen molar-refractivity contribution in [1.29, 1.82) is 0 Å². The van der Waals surface area contributed by atoms with E-state index in [2.05, 4.69) is 0 Å². The van der Waals surface area contributed by atoms with Gasteiger partial charge >= 0.3 is 5.97 Å². The zero-order valence-electron chi connectivity index (χ0n) is 10.7. The molecule has 0 radical (unpaired) electrons. The van der Waals surface area contributed by atoms with Crippen LogP contribution in [-0.2, 0) is 14.3 Å². The highest BCUT2D eigenvalue weighted by molar-refractivity contribution is 5.70. The van der Waals surface area contributed by atoms with Gasteiger partial charge in [-0.1, -0.05) is 0 Å². The highest BCUT2D eigenvalue weighted by Gasteiger charge is 2.37. The molecular weight excluding hydrogens is 218 g/mol. The monoisotopic (exact) mass is 242 g/mol. The standard InChI is InChI=1S/C13H23NO3/c1-16-10-13(15)17-9-11-5-4-8-14-7-3-2-6-12(11)14/h11-12H,2-10H2,1H3/p+1/t11-,12-/m1/s1. The van der Waals surface area contributed by atoms with Gasteiger partial charge in [0.25, 0.3) is 0 Å². The molecule has 2 saturated heterocycles. The second kappa shape index (κ2) is 6.36. The van der Waals surface area contributed by atoms with Gasteiger partial charge in [0.1, 0.15) is 6.61 Å². The number of carbonyl (C=O) groups is 1. The number of ether oxygens (including phenoxy) is 2. The Kier molecular flexibility index (Phi) is 4.80.